The molecule has 0 saturated carbocycles. The van der Waals surface area contributed by atoms with Crippen molar-refractivity contribution in [2.45, 2.75) is 17.7 Å². The Morgan fingerprint density at radius 2 is 1.59 bits per heavy atom. The molecule has 8 nitrogen and oxygen atoms in total. The molecule has 0 atom stereocenters. The van der Waals surface area contributed by atoms with Crippen LogP contribution in [-0.2, 0) is 10.0 Å². The number of halogens is 1. The minimum absolute atomic E-state index is 0.0942. The first kappa shape index (κ1) is 22.1. The lowest BCUT2D eigenvalue weighted by Gasteiger charge is -2.30. The lowest BCUT2D eigenvalue weighted by Crippen LogP contribution is -2.39. The van der Waals surface area contributed by atoms with E-state index in [2.05, 4.69) is 20.6 Å². The molecule has 0 radical (unpaired) electrons. The van der Waals surface area contributed by atoms with Crippen LogP contribution in [0.15, 0.2) is 65.7 Å². The molecule has 1 aromatic heterocycles. The number of piperidine rings is 1. The van der Waals surface area contributed by atoms with Gasteiger partial charge in [0.15, 0.2) is 0 Å². The monoisotopic (exact) mass is 457 g/mol. The third-order valence-corrected chi connectivity index (χ3v) is 7.27. The summed E-state index contributed by atoms with van der Waals surface area (Å²) in [4.78, 5) is 8.77. The highest BCUT2D eigenvalue weighted by Crippen LogP contribution is 2.25. The SMILES string of the molecule is O=S(=O)(c1ccc(Nc2nccc(Nc3ccc(F)cc3)n2)cc1)N1CCC(CO)CC1. The molecule has 168 valence electrons. The highest BCUT2D eigenvalue weighted by molar-refractivity contribution is 7.89. The first-order valence-electron chi connectivity index (χ1n) is 10.3. The normalized spacial score (nSPS) is 15.4. The van der Waals surface area contributed by atoms with Crippen molar-refractivity contribution >= 4 is 33.2 Å². The summed E-state index contributed by atoms with van der Waals surface area (Å²) in [5.74, 6) is 0.709. The molecule has 0 spiro atoms. The average Bonchev–Trinajstić information content (AvgIpc) is 2.81. The van der Waals surface area contributed by atoms with Gasteiger partial charge in [-0.15, -0.1) is 0 Å². The van der Waals surface area contributed by atoms with Gasteiger partial charge in [-0.05, 0) is 73.4 Å². The van der Waals surface area contributed by atoms with E-state index >= 15 is 0 Å². The number of nitrogens with one attached hydrogen (secondary N) is 2. The number of hydrogen-bond donors (Lipinski definition) is 3. The van der Waals surface area contributed by atoms with Gasteiger partial charge in [0.05, 0.1) is 4.90 Å². The van der Waals surface area contributed by atoms with Crippen LogP contribution in [0.3, 0.4) is 0 Å². The maximum atomic E-state index is 13.1. The molecule has 32 heavy (non-hydrogen) atoms. The number of aromatic nitrogens is 2. The Kier molecular flexibility index (Phi) is 6.63. The molecule has 0 unspecified atom stereocenters. The number of rotatable bonds is 7. The molecule has 1 aliphatic rings. The van der Waals surface area contributed by atoms with Gasteiger partial charge in [-0.3, -0.25) is 0 Å². The Morgan fingerprint density at radius 3 is 2.25 bits per heavy atom. The van der Waals surface area contributed by atoms with E-state index in [0.717, 1.165) is 0 Å². The van der Waals surface area contributed by atoms with Crippen LogP contribution in [0.2, 0.25) is 0 Å². The molecule has 0 amide bonds. The lowest BCUT2D eigenvalue weighted by molar-refractivity contribution is 0.170. The number of aliphatic hydroxyl groups is 1. The van der Waals surface area contributed by atoms with Gasteiger partial charge in [0.1, 0.15) is 11.6 Å². The summed E-state index contributed by atoms with van der Waals surface area (Å²) >= 11 is 0. The van der Waals surface area contributed by atoms with E-state index in [-0.39, 0.29) is 23.2 Å². The number of benzene rings is 2. The van der Waals surface area contributed by atoms with Gasteiger partial charge in [-0.2, -0.15) is 9.29 Å². The zero-order valence-corrected chi connectivity index (χ0v) is 18.1. The fourth-order valence-corrected chi connectivity index (χ4v) is 4.96. The fourth-order valence-electron chi connectivity index (χ4n) is 3.49. The van der Waals surface area contributed by atoms with Gasteiger partial charge in [0, 0.05) is 37.3 Å². The third-order valence-electron chi connectivity index (χ3n) is 5.35. The molecule has 2 heterocycles. The van der Waals surface area contributed by atoms with Gasteiger partial charge < -0.3 is 15.7 Å². The second-order valence-corrected chi connectivity index (χ2v) is 9.51. The van der Waals surface area contributed by atoms with E-state index in [1.165, 1.54) is 16.4 Å². The first-order valence-corrected chi connectivity index (χ1v) is 11.7. The number of nitrogens with zero attached hydrogens (tertiary/aromatic N) is 3. The van der Waals surface area contributed by atoms with E-state index in [0.29, 0.717) is 49.1 Å². The number of anilines is 4. The van der Waals surface area contributed by atoms with Crippen molar-refractivity contribution in [3.63, 3.8) is 0 Å². The molecule has 1 fully saturated rings. The standard InChI is InChI=1S/C22H24FN5O3S/c23-17-1-3-18(4-2-17)25-21-9-12-24-22(27-21)26-19-5-7-20(8-6-19)32(30,31)28-13-10-16(15-29)11-14-28/h1-9,12,16,29H,10-11,13-15H2,(H2,24,25,26,27). The Hall–Kier alpha value is -3.08. The second-order valence-electron chi connectivity index (χ2n) is 7.58. The largest absolute Gasteiger partial charge is 0.396 e. The molecule has 4 rings (SSSR count). The van der Waals surface area contributed by atoms with Crippen molar-refractivity contribution in [3.05, 3.63) is 66.6 Å². The first-order chi connectivity index (χ1) is 15.4. The Bertz CT molecular complexity index is 1150. The zero-order valence-electron chi connectivity index (χ0n) is 17.3. The van der Waals surface area contributed by atoms with Crippen molar-refractivity contribution in [1.82, 2.24) is 14.3 Å². The molecule has 2 aromatic carbocycles. The van der Waals surface area contributed by atoms with E-state index in [1.807, 2.05) is 0 Å². The van der Waals surface area contributed by atoms with E-state index in [9.17, 15) is 17.9 Å². The van der Waals surface area contributed by atoms with Crippen LogP contribution in [-0.4, -0.2) is 47.5 Å². The number of sulfonamides is 1. The molecule has 3 N–H and O–H groups in total. The molecule has 1 aliphatic heterocycles. The second kappa shape index (κ2) is 9.60. The zero-order chi connectivity index (χ0) is 22.6. The van der Waals surface area contributed by atoms with Crippen molar-refractivity contribution in [2.75, 3.05) is 30.3 Å². The molecular weight excluding hydrogens is 433 g/mol. The fraction of sp³-hybridized carbons (Fsp3) is 0.273. The van der Waals surface area contributed by atoms with Gasteiger partial charge >= 0.3 is 0 Å². The lowest BCUT2D eigenvalue weighted by atomic mass is 10.00. The average molecular weight is 458 g/mol. The molecule has 1 saturated heterocycles. The molecular formula is C22H24FN5O3S. The van der Waals surface area contributed by atoms with Gasteiger partial charge in [-0.1, -0.05) is 0 Å². The van der Waals surface area contributed by atoms with Crippen molar-refractivity contribution < 1.29 is 17.9 Å². The summed E-state index contributed by atoms with van der Waals surface area (Å²) in [6.07, 6.45) is 2.90. The number of hydrogen-bond acceptors (Lipinski definition) is 7. The predicted molar refractivity (Wildman–Crippen MR) is 120 cm³/mol. The van der Waals surface area contributed by atoms with Gasteiger partial charge in [0.2, 0.25) is 16.0 Å². The van der Waals surface area contributed by atoms with Crippen LogP contribution < -0.4 is 10.6 Å². The Balaban J connectivity index is 1.42. The topological polar surface area (TPSA) is 107 Å². The highest BCUT2D eigenvalue weighted by Gasteiger charge is 2.29. The van der Waals surface area contributed by atoms with Crippen LogP contribution in [0.4, 0.5) is 27.5 Å². The van der Waals surface area contributed by atoms with Crippen LogP contribution >= 0.6 is 0 Å². The van der Waals surface area contributed by atoms with E-state index in [4.69, 9.17) is 0 Å². The van der Waals surface area contributed by atoms with Crippen molar-refractivity contribution in [1.29, 1.82) is 0 Å². The van der Waals surface area contributed by atoms with Gasteiger partial charge in [0.25, 0.3) is 0 Å². The summed E-state index contributed by atoms with van der Waals surface area (Å²) in [5, 5.41) is 15.4. The minimum Gasteiger partial charge on any atom is -0.396 e. The minimum atomic E-state index is -3.57. The maximum absolute atomic E-state index is 13.1. The summed E-state index contributed by atoms with van der Waals surface area (Å²) in [7, 11) is -3.57. The molecule has 10 heteroatoms. The van der Waals surface area contributed by atoms with Crippen LogP contribution in [0, 0.1) is 11.7 Å². The third kappa shape index (κ3) is 5.21. The van der Waals surface area contributed by atoms with E-state index in [1.54, 1.807) is 48.7 Å². The quantitative estimate of drug-likeness (QED) is 0.498. The predicted octanol–water partition coefficient (Wildman–Crippen LogP) is 3.50. The summed E-state index contributed by atoms with van der Waals surface area (Å²) in [6.45, 7) is 0.918. The summed E-state index contributed by atoms with van der Waals surface area (Å²) in [5.41, 5.74) is 1.33. The van der Waals surface area contributed by atoms with Crippen LogP contribution in [0.25, 0.3) is 0 Å². The van der Waals surface area contributed by atoms with Crippen LogP contribution in [0.5, 0.6) is 0 Å². The maximum Gasteiger partial charge on any atom is 0.243 e. The Morgan fingerprint density at radius 1 is 0.969 bits per heavy atom. The Labute approximate surface area is 186 Å². The summed E-state index contributed by atoms with van der Waals surface area (Å²) in [6, 6.07) is 14.0. The van der Waals surface area contributed by atoms with Crippen molar-refractivity contribution in [3.8, 4) is 0 Å². The smallest absolute Gasteiger partial charge is 0.243 e. The summed E-state index contributed by atoms with van der Waals surface area (Å²) < 4.78 is 40.3. The molecule has 3 aromatic rings. The number of aliphatic hydroxyl groups excluding tert-OH is 1. The molecule has 0 aliphatic carbocycles. The van der Waals surface area contributed by atoms with E-state index < -0.39 is 10.0 Å². The highest BCUT2D eigenvalue weighted by atomic mass is 32.2. The molecule has 0 bridgehead atoms. The van der Waals surface area contributed by atoms with Crippen molar-refractivity contribution in [2.24, 2.45) is 5.92 Å². The van der Waals surface area contributed by atoms with Crippen LogP contribution in [0.1, 0.15) is 12.8 Å². The van der Waals surface area contributed by atoms with Gasteiger partial charge in [-0.25, -0.2) is 17.8 Å².